The van der Waals surface area contributed by atoms with E-state index >= 15 is 0 Å². The molecule has 0 aliphatic carbocycles. The lowest BCUT2D eigenvalue weighted by molar-refractivity contribution is -0.156. The van der Waals surface area contributed by atoms with Gasteiger partial charge in [0.1, 0.15) is 11.9 Å². The number of hydrogen-bond acceptors (Lipinski definition) is 4. The number of carbonyl (C=O) groups excluding carboxylic acids is 2. The highest BCUT2D eigenvalue weighted by Crippen LogP contribution is 2.21. The first-order valence-electron chi connectivity index (χ1n) is 7.38. The van der Waals surface area contributed by atoms with Crippen LogP contribution in [0.15, 0.2) is 18.3 Å². The summed E-state index contributed by atoms with van der Waals surface area (Å²) in [5.41, 5.74) is 2.56. The predicted molar refractivity (Wildman–Crippen MR) is 84.6 cm³/mol. The average molecular weight is 302 g/mol. The number of esters is 1. The number of hydrogen-bond donors (Lipinski definition) is 1. The topological polar surface area (TPSA) is 72.1 Å². The number of carbonyl (C=O) groups is 2. The van der Waals surface area contributed by atoms with Gasteiger partial charge in [-0.05, 0) is 51.3 Å². The molecule has 0 saturated heterocycles. The van der Waals surface area contributed by atoms with Crippen LogP contribution in [0.1, 0.15) is 38.3 Å². The third kappa shape index (κ3) is 4.16. The van der Waals surface area contributed by atoms with Crippen LogP contribution in [0.25, 0.3) is 10.9 Å². The van der Waals surface area contributed by atoms with Crippen LogP contribution >= 0.6 is 0 Å². The molecule has 1 atom stereocenters. The Kier molecular flexibility index (Phi) is 4.64. The smallest absolute Gasteiger partial charge is 0.307 e. The average Bonchev–Trinajstić information content (AvgIpc) is 2.84. The molecule has 0 fully saturated rings. The molecule has 0 aliphatic rings. The summed E-state index contributed by atoms with van der Waals surface area (Å²) in [5, 5.41) is 7.98. The SMILES string of the molecule is Cc1cc(CC(C=O)CC(=O)OC(C)(C)C)cc2cn[nH]c12. The Bertz CT molecular complexity index is 683. The predicted octanol–water partition coefficient (Wildman–Crippen LogP) is 2.96. The first kappa shape index (κ1) is 16.2. The van der Waals surface area contributed by atoms with Crippen LogP contribution in [0.3, 0.4) is 0 Å². The molecule has 22 heavy (non-hydrogen) atoms. The number of rotatable bonds is 5. The number of fused-ring (bicyclic) bond motifs is 1. The van der Waals surface area contributed by atoms with Crippen molar-refractivity contribution in [3.63, 3.8) is 0 Å². The number of nitrogens with one attached hydrogen (secondary N) is 1. The summed E-state index contributed by atoms with van der Waals surface area (Å²) in [7, 11) is 0. The molecule has 0 bridgehead atoms. The lowest BCUT2D eigenvalue weighted by Gasteiger charge is -2.20. The molecule has 118 valence electrons. The van der Waals surface area contributed by atoms with E-state index in [1.165, 1.54) is 0 Å². The van der Waals surface area contributed by atoms with Crippen molar-refractivity contribution in [1.82, 2.24) is 10.2 Å². The van der Waals surface area contributed by atoms with Crippen molar-refractivity contribution in [2.45, 2.75) is 46.1 Å². The van der Waals surface area contributed by atoms with Gasteiger partial charge in [-0.1, -0.05) is 6.07 Å². The summed E-state index contributed by atoms with van der Waals surface area (Å²) in [6.45, 7) is 7.44. The number of aryl methyl sites for hydroxylation is 1. The molecule has 0 saturated carbocycles. The molecule has 1 heterocycles. The molecule has 5 heteroatoms. The van der Waals surface area contributed by atoms with E-state index in [-0.39, 0.29) is 18.3 Å². The maximum absolute atomic E-state index is 11.9. The Labute approximate surface area is 130 Å². The molecule has 0 radical (unpaired) electrons. The van der Waals surface area contributed by atoms with Gasteiger partial charge in [0, 0.05) is 11.3 Å². The second-order valence-corrected chi connectivity index (χ2v) is 6.64. The molecule has 2 aromatic rings. The number of aromatic amines is 1. The summed E-state index contributed by atoms with van der Waals surface area (Å²) >= 11 is 0. The zero-order valence-electron chi connectivity index (χ0n) is 13.5. The van der Waals surface area contributed by atoms with Crippen molar-refractivity contribution in [3.8, 4) is 0 Å². The first-order valence-corrected chi connectivity index (χ1v) is 7.38. The van der Waals surface area contributed by atoms with Crippen molar-refractivity contribution in [3.05, 3.63) is 29.5 Å². The largest absolute Gasteiger partial charge is 0.460 e. The van der Waals surface area contributed by atoms with Crippen LogP contribution in [-0.2, 0) is 20.7 Å². The van der Waals surface area contributed by atoms with Gasteiger partial charge < -0.3 is 9.53 Å². The van der Waals surface area contributed by atoms with Gasteiger partial charge in [-0.2, -0.15) is 5.10 Å². The fourth-order valence-electron chi connectivity index (χ4n) is 2.50. The fourth-order valence-corrected chi connectivity index (χ4v) is 2.50. The van der Waals surface area contributed by atoms with E-state index in [1.807, 2.05) is 39.8 Å². The van der Waals surface area contributed by atoms with Gasteiger partial charge in [0.15, 0.2) is 0 Å². The maximum Gasteiger partial charge on any atom is 0.307 e. The standard InChI is InChI=1S/C17H22N2O3/c1-11-5-12(7-14-9-18-19-16(11)14)6-13(10-20)8-15(21)22-17(2,3)4/h5,7,9-10,13H,6,8H2,1-4H3,(H,18,19). The highest BCUT2D eigenvalue weighted by Gasteiger charge is 2.20. The zero-order valence-corrected chi connectivity index (χ0v) is 13.5. The molecule has 1 aromatic heterocycles. The van der Waals surface area contributed by atoms with Gasteiger partial charge in [-0.15, -0.1) is 0 Å². The van der Waals surface area contributed by atoms with E-state index in [2.05, 4.69) is 10.2 Å². The van der Waals surface area contributed by atoms with E-state index in [4.69, 9.17) is 4.74 Å². The van der Waals surface area contributed by atoms with Gasteiger partial charge in [-0.3, -0.25) is 9.89 Å². The van der Waals surface area contributed by atoms with Crippen LogP contribution in [0.2, 0.25) is 0 Å². The van der Waals surface area contributed by atoms with Crippen LogP contribution in [0.4, 0.5) is 0 Å². The molecular formula is C17H22N2O3. The number of H-pyrrole nitrogens is 1. The van der Waals surface area contributed by atoms with Gasteiger partial charge in [0.25, 0.3) is 0 Å². The van der Waals surface area contributed by atoms with Gasteiger partial charge in [-0.25, -0.2) is 0 Å². The molecule has 0 amide bonds. The molecule has 1 aromatic carbocycles. The summed E-state index contributed by atoms with van der Waals surface area (Å²) in [4.78, 5) is 23.1. The van der Waals surface area contributed by atoms with E-state index < -0.39 is 5.60 Å². The quantitative estimate of drug-likeness (QED) is 0.681. The Morgan fingerprint density at radius 2 is 2.14 bits per heavy atom. The van der Waals surface area contributed by atoms with Crippen molar-refractivity contribution in [2.75, 3.05) is 0 Å². The van der Waals surface area contributed by atoms with E-state index in [0.717, 1.165) is 28.3 Å². The van der Waals surface area contributed by atoms with Gasteiger partial charge in [0.2, 0.25) is 0 Å². The Morgan fingerprint density at radius 3 is 2.77 bits per heavy atom. The van der Waals surface area contributed by atoms with E-state index in [9.17, 15) is 9.59 Å². The Balaban J connectivity index is 2.08. The van der Waals surface area contributed by atoms with E-state index in [1.54, 1.807) is 6.20 Å². The minimum absolute atomic E-state index is 0.100. The minimum atomic E-state index is -0.531. The zero-order chi connectivity index (χ0) is 16.3. The number of aldehydes is 1. The number of ether oxygens (including phenoxy) is 1. The molecule has 0 spiro atoms. The lowest BCUT2D eigenvalue weighted by atomic mass is 9.95. The van der Waals surface area contributed by atoms with Gasteiger partial charge >= 0.3 is 5.97 Å². The van der Waals surface area contributed by atoms with Crippen molar-refractivity contribution in [2.24, 2.45) is 5.92 Å². The van der Waals surface area contributed by atoms with Crippen LogP contribution < -0.4 is 0 Å². The monoisotopic (exact) mass is 302 g/mol. The summed E-state index contributed by atoms with van der Waals surface area (Å²) in [6, 6.07) is 4.02. The molecule has 1 unspecified atom stereocenters. The number of benzene rings is 1. The van der Waals surface area contributed by atoms with E-state index in [0.29, 0.717) is 6.42 Å². The first-order chi connectivity index (χ1) is 10.3. The summed E-state index contributed by atoms with van der Waals surface area (Å²) in [5.74, 6) is -0.718. The lowest BCUT2D eigenvalue weighted by Crippen LogP contribution is -2.26. The van der Waals surface area contributed by atoms with Crippen LogP contribution in [0.5, 0.6) is 0 Å². The molecule has 5 nitrogen and oxygen atoms in total. The van der Waals surface area contributed by atoms with Crippen LogP contribution in [-0.4, -0.2) is 28.1 Å². The van der Waals surface area contributed by atoms with Gasteiger partial charge in [0.05, 0.1) is 18.1 Å². The molecule has 1 N–H and O–H groups in total. The van der Waals surface area contributed by atoms with Crippen molar-refractivity contribution < 1.29 is 14.3 Å². The van der Waals surface area contributed by atoms with Crippen molar-refractivity contribution in [1.29, 1.82) is 0 Å². The Hall–Kier alpha value is -2.17. The van der Waals surface area contributed by atoms with Crippen molar-refractivity contribution >= 4 is 23.2 Å². The molecule has 2 rings (SSSR count). The maximum atomic E-state index is 11.9. The highest BCUT2D eigenvalue weighted by atomic mass is 16.6. The normalized spacial score (nSPS) is 13.1. The second kappa shape index (κ2) is 6.30. The minimum Gasteiger partial charge on any atom is -0.460 e. The highest BCUT2D eigenvalue weighted by molar-refractivity contribution is 5.82. The molecule has 0 aliphatic heterocycles. The number of aromatic nitrogens is 2. The third-order valence-corrected chi connectivity index (χ3v) is 3.35. The number of nitrogens with zero attached hydrogens (tertiary/aromatic N) is 1. The second-order valence-electron chi connectivity index (χ2n) is 6.64. The van der Waals surface area contributed by atoms with Crippen LogP contribution in [0, 0.1) is 12.8 Å². The molecular weight excluding hydrogens is 280 g/mol. The summed E-state index contributed by atoms with van der Waals surface area (Å²) < 4.78 is 5.28. The Morgan fingerprint density at radius 1 is 1.41 bits per heavy atom. The fraction of sp³-hybridized carbons (Fsp3) is 0.471. The third-order valence-electron chi connectivity index (χ3n) is 3.35. The summed E-state index contributed by atoms with van der Waals surface area (Å²) in [6.07, 6.45) is 3.21.